The summed E-state index contributed by atoms with van der Waals surface area (Å²) in [7, 11) is 2.05. The van der Waals surface area contributed by atoms with Crippen molar-refractivity contribution in [3.8, 4) is 0 Å². The summed E-state index contributed by atoms with van der Waals surface area (Å²) in [5.41, 5.74) is 2.18. The summed E-state index contributed by atoms with van der Waals surface area (Å²) in [6.45, 7) is 4.53. The summed E-state index contributed by atoms with van der Waals surface area (Å²) < 4.78 is 2.12. The van der Waals surface area contributed by atoms with Gasteiger partial charge in [0.15, 0.2) is 5.96 Å². The molecule has 2 heterocycles. The summed E-state index contributed by atoms with van der Waals surface area (Å²) in [6.07, 6.45) is 2.65. The van der Waals surface area contributed by atoms with Crippen LogP contribution in [0.5, 0.6) is 0 Å². The lowest BCUT2D eigenvalue weighted by Gasteiger charge is -2.14. The number of benzene rings is 1. The van der Waals surface area contributed by atoms with Gasteiger partial charge in [0.05, 0.1) is 11.0 Å². The molecule has 1 saturated heterocycles. The van der Waals surface area contributed by atoms with Gasteiger partial charge in [-0.2, -0.15) is 11.8 Å². The molecule has 6 heteroatoms. The second-order valence-corrected chi connectivity index (χ2v) is 7.20. The Morgan fingerprint density at radius 1 is 1.39 bits per heavy atom. The van der Waals surface area contributed by atoms with Crippen LogP contribution in [0.2, 0.25) is 0 Å². The zero-order valence-electron chi connectivity index (χ0n) is 13.9. The molecule has 1 atom stereocenters. The van der Waals surface area contributed by atoms with Crippen molar-refractivity contribution in [2.75, 3.05) is 18.8 Å². The Balaban J connectivity index is 1.67. The number of imidazole rings is 1. The Morgan fingerprint density at radius 2 is 2.26 bits per heavy atom. The first-order chi connectivity index (χ1) is 11.3. The first kappa shape index (κ1) is 16.2. The molecule has 1 aliphatic heterocycles. The fourth-order valence-electron chi connectivity index (χ4n) is 2.84. The number of fused-ring (bicyclic) bond motifs is 1. The molecule has 2 aromatic rings. The summed E-state index contributed by atoms with van der Waals surface area (Å²) >= 11 is 2.06. The summed E-state index contributed by atoms with van der Waals surface area (Å²) in [4.78, 5) is 9.38. The minimum Gasteiger partial charge on any atom is -0.357 e. The van der Waals surface area contributed by atoms with Crippen LogP contribution in [0.4, 0.5) is 0 Å². The zero-order chi connectivity index (χ0) is 16.1. The first-order valence-corrected chi connectivity index (χ1v) is 9.37. The largest absolute Gasteiger partial charge is 0.357 e. The highest BCUT2D eigenvalue weighted by Gasteiger charge is 2.15. The number of guanidine groups is 1. The molecule has 0 aliphatic carbocycles. The Morgan fingerprint density at radius 3 is 3.00 bits per heavy atom. The van der Waals surface area contributed by atoms with Gasteiger partial charge < -0.3 is 15.2 Å². The normalized spacial score (nSPS) is 18.5. The molecule has 1 fully saturated rings. The van der Waals surface area contributed by atoms with E-state index in [1.807, 2.05) is 18.2 Å². The fraction of sp³-hybridized carbons (Fsp3) is 0.529. The lowest BCUT2D eigenvalue weighted by Crippen LogP contribution is -2.40. The van der Waals surface area contributed by atoms with Crippen molar-refractivity contribution < 1.29 is 0 Å². The van der Waals surface area contributed by atoms with Gasteiger partial charge >= 0.3 is 0 Å². The van der Waals surface area contributed by atoms with Crippen molar-refractivity contribution in [3.63, 3.8) is 0 Å². The highest BCUT2D eigenvalue weighted by molar-refractivity contribution is 8.00. The topological polar surface area (TPSA) is 54.2 Å². The average molecular weight is 331 g/mol. The number of nitrogens with zero attached hydrogens (tertiary/aromatic N) is 3. The molecular weight excluding hydrogens is 306 g/mol. The number of aryl methyl sites for hydroxylation is 1. The van der Waals surface area contributed by atoms with Gasteiger partial charge in [-0.05, 0) is 37.7 Å². The maximum Gasteiger partial charge on any atom is 0.191 e. The fourth-order valence-corrected chi connectivity index (χ4v) is 4.05. The third kappa shape index (κ3) is 3.99. The van der Waals surface area contributed by atoms with Gasteiger partial charge in [0, 0.05) is 25.4 Å². The molecule has 1 aromatic heterocycles. The van der Waals surface area contributed by atoms with Crippen LogP contribution in [-0.4, -0.2) is 39.6 Å². The van der Waals surface area contributed by atoms with E-state index < -0.39 is 0 Å². The van der Waals surface area contributed by atoms with Gasteiger partial charge in [-0.25, -0.2) is 9.98 Å². The molecular formula is C17H25N5S. The molecule has 0 radical (unpaired) electrons. The second kappa shape index (κ2) is 7.73. The standard InChI is InChI=1S/C17H25N5S/c1-3-18-17(19-11-13-7-6-10-23-13)20-12-16-21-14-8-4-5-9-15(14)22(16)2/h4-5,8-9,13H,3,6-7,10-12H2,1-2H3,(H2,18,19,20). The zero-order valence-corrected chi connectivity index (χ0v) is 14.7. The van der Waals surface area contributed by atoms with Crippen molar-refractivity contribution in [1.82, 2.24) is 20.2 Å². The number of aliphatic imine (C=N–C) groups is 1. The first-order valence-electron chi connectivity index (χ1n) is 8.32. The number of aromatic nitrogens is 2. The second-order valence-electron chi connectivity index (χ2n) is 5.79. The van der Waals surface area contributed by atoms with Crippen LogP contribution in [0.3, 0.4) is 0 Å². The molecule has 1 aliphatic rings. The van der Waals surface area contributed by atoms with E-state index in [0.29, 0.717) is 6.54 Å². The minimum absolute atomic E-state index is 0.582. The molecule has 3 rings (SSSR count). The Kier molecular flexibility index (Phi) is 5.43. The van der Waals surface area contributed by atoms with E-state index >= 15 is 0 Å². The van der Waals surface area contributed by atoms with Gasteiger partial charge in [0.1, 0.15) is 12.4 Å². The third-order valence-corrected chi connectivity index (χ3v) is 5.52. The van der Waals surface area contributed by atoms with Crippen molar-refractivity contribution >= 4 is 28.8 Å². The van der Waals surface area contributed by atoms with E-state index in [0.717, 1.165) is 41.2 Å². The molecule has 124 valence electrons. The molecule has 2 N–H and O–H groups in total. The van der Waals surface area contributed by atoms with Crippen LogP contribution in [0, 0.1) is 0 Å². The average Bonchev–Trinajstić information content (AvgIpc) is 3.19. The maximum absolute atomic E-state index is 4.70. The van der Waals surface area contributed by atoms with Crippen molar-refractivity contribution in [3.05, 3.63) is 30.1 Å². The predicted molar refractivity (Wildman–Crippen MR) is 99.0 cm³/mol. The Hall–Kier alpha value is -1.69. The Labute approximate surface area is 142 Å². The number of hydrogen-bond acceptors (Lipinski definition) is 3. The van der Waals surface area contributed by atoms with Crippen LogP contribution in [0.15, 0.2) is 29.3 Å². The molecule has 0 amide bonds. The van der Waals surface area contributed by atoms with Crippen molar-refractivity contribution in [2.24, 2.45) is 12.0 Å². The van der Waals surface area contributed by atoms with E-state index in [2.05, 4.69) is 52.0 Å². The maximum atomic E-state index is 4.70. The predicted octanol–water partition coefficient (Wildman–Crippen LogP) is 2.52. The molecule has 1 unspecified atom stereocenters. The quantitative estimate of drug-likeness (QED) is 0.653. The number of para-hydroxylation sites is 2. The van der Waals surface area contributed by atoms with E-state index in [-0.39, 0.29) is 0 Å². The highest BCUT2D eigenvalue weighted by atomic mass is 32.2. The van der Waals surface area contributed by atoms with E-state index in [4.69, 9.17) is 4.99 Å². The van der Waals surface area contributed by atoms with E-state index in [1.54, 1.807) is 0 Å². The SMILES string of the molecule is CCNC(=NCc1nc2ccccc2n1C)NCC1CCCS1. The number of hydrogen-bond donors (Lipinski definition) is 2. The smallest absolute Gasteiger partial charge is 0.191 e. The lowest BCUT2D eigenvalue weighted by molar-refractivity contribution is 0.722. The summed E-state index contributed by atoms with van der Waals surface area (Å²) in [6, 6.07) is 8.20. The van der Waals surface area contributed by atoms with Gasteiger partial charge in [-0.1, -0.05) is 12.1 Å². The molecule has 0 saturated carbocycles. The van der Waals surface area contributed by atoms with Gasteiger partial charge in [-0.15, -0.1) is 0 Å². The van der Waals surface area contributed by atoms with E-state index in [9.17, 15) is 0 Å². The van der Waals surface area contributed by atoms with Gasteiger partial charge in [0.2, 0.25) is 0 Å². The molecule has 5 nitrogen and oxygen atoms in total. The van der Waals surface area contributed by atoms with Crippen LogP contribution < -0.4 is 10.6 Å². The molecule has 0 spiro atoms. The third-order valence-electron chi connectivity index (χ3n) is 4.12. The van der Waals surface area contributed by atoms with Crippen LogP contribution >= 0.6 is 11.8 Å². The minimum atomic E-state index is 0.582. The van der Waals surface area contributed by atoms with Crippen LogP contribution in [-0.2, 0) is 13.6 Å². The number of thioether (sulfide) groups is 1. The monoisotopic (exact) mass is 331 g/mol. The van der Waals surface area contributed by atoms with Crippen molar-refractivity contribution in [1.29, 1.82) is 0 Å². The Bertz CT molecular complexity index is 673. The van der Waals surface area contributed by atoms with Crippen LogP contribution in [0.1, 0.15) is 25.6 Å². The number of rotatable bonds is 5. The molecule has 23 heavy (non-hydrogen) atoms. The number of nitrogens with one attached hydrogen (secondary N) is 2. The highest BCUT2D eigenvalue weighted by Crippen LogP contribution is 2.25. The molecule has 0 bridgehead atoms. The lowest BCUT2D eigenvalue weighted by atomic mass is 10.2. The van der Waals surface area contributed by atoms with Crippen LogP contribution in [0.25, 0.3) is 11.0 Å². The van der Waals surface area contributed by atoms with Crippen molar-refractivity contribution in [2.45, 2.75) is 31.6 Å². The summed E-state index contributed by atoms with van der Waals surface area (Å²) in [5.74, 6) is 3.16. The van der Waals surface area contributed by atoms with Gasteiger partial charge in [-0.3, -0.25) is 0 Å². The summed E-state index contributed by atoms with van der Waals surface area (Å²) in [5, 5.41) is 7.51. The van der Waals surface area contributed by atoms with Gasteiger partial charge in [0.25, 0.3) is 0 Å². The van der Waals surface area contributed by atoms with E-state index in [1.165, 1.54) is 18.6 Å². The molecule has 1 aromatic carbocycles.